The zero-order chi connectivity index (χ0) is 20.8. The van der Waals surface area contributed by atoms with E-state index in [2.05, 4.69) is 70.5 Å². The van der Waals surface area contributed by atoms with E-state index < -0.39 is 0 Å². The smallest absolute Gasteiger partial charge is 0.142 e. The maximum Gasteiger partial charge on any atom is 0.142 e. The van der Waals surface area contributed by atoms with Gasteiger partial charge in [-0.05, 0) is 41.8 Å². The van der Waals surface area contributed by atoms with E-state index in [0.29, 0.717) is 6.04 Å². The molecule has 0 aliphatic carbocycles. The number of benzene rings is 3. The first-order chi connectivity index (χ1) is 14.8. The molecule has 0 aromatic heterocycles. The van der Waals surface area contributed by atoms with E-state index in [1.807, 2.05) is 18.2 Å². The van der Waals surface area contributed by atoms with Crippen LogP contribution >= 0.6 is 24.8 Å². The highest BCUT2D eigenvalue weighted by Gasteiger charge is 2.26. The molecule has 0 bridgehead atoms. The summed E-state index contributed by atoms with van der Waals surface area (Å²) in [5.41, 5.74) is 3.85. The fourth-order valence-electron chi connectivity index (χ4n) is 4.32. The lowest BCUT2D eigenvalue weighted by Crippen LogP contribution is -2.48. The molecule has 0 saturated carbocycles. The third-order valence-electron chi connectivity index (χ3n) is 5.93. The normalized spacial score (nSPS) is 14.6. The van der Waals surface area contributed by atoms with Crippen LogP contribution in [0.15, 0.2) is 78.9 Å². The number of hydrogen-bond acceptors (Lipinski definition) is 4. The second kappa shape index (κ2) is 12.6. The average Bonchev–Trinajstić information content (AvgIpc) is 2.83. The second-order valence-electron chi connectivity index (χ2n) is 7.68. The monoisotopic (exact) mass is 474 g/mol. The van der Waals surface area contributed by atoms with Crippen molar-refractivity contribution in [3.63, 3.8) is 0 Å². The van der Waals surface area contributed by atoms with Crippen molar-refractivity contribution < 1.29 is 9.47 Å². The van der Waals surface area contributed by atoms with Crippen LogP contribution in [0.2, 0.25) is 0 Å². The zero-order valence-corrected chi connectivity index (χ0v) is 20.3. The molecular weight excluding hydrogens is 443 g/mol. The number of nitrogens with zero attached hydrogens (tertiary/aromatic N) is 2. The summed E-state index contributed by atoms with van der Waals surface area (Å²) in [5, 5.41) is 0. The predicted octanol–water partition coefficient (Wildman–Crippen LogP) is 5.65. The van der Waals surface area contributed by atoms with Crippen LogP contribution in [0.5, 0.6) is 11.5 Å². The Labute approximate surface area is 204 Å². The fourth-order valence-corrected chi connectivity index (χ4v) is 4.32. The van der Waals surface area contributed by atoms with Gasteiger partial charge in [-0.1, -0.05) is 54.6 Å². The van der Waals surface area contributed by atoms with Crippen molar-refractivity contribution in [3.05, 3.63) is 90.0 Å². The van der Waals surface area contributed by atoms with Gasteiger partial charge < -0.3 is 14.4 Å². The lowest BCUT2D eigenvalue weighted by Gasteiger charge is -2.41. The number of methoxy groups -OCH3 is 2. The molecular formula is C26H32Cl2N2O2. The van der Waals surface area contributed by atoms with Crippen LogP contribution in [0, 0.1) is 0 Å². The molecule has 1 aliphatic rings. The second-order valence-corrected chi connectivity index (χ2v) is 7.68. The van der Waals surface area contributed by atoms with Gasteiger partial charge in [-0.3, -0.25) is 4.90 Å². The Hall–Kier alpha value is -2.40. The third kappa shape index (κ3) is 6.10. The van der Waals surface area contributed by atoms with Crippen molar-refractivity contribution in [1.29, 1.82) is 0 Å². The Bertz CT molecular complexity index is 947. The van der Waals surface area contributed by atoms with Gasteiger partial charge in [-0.15, -0.1) is 24.8 Å². The number of piperazine rings is 1. The summed E-state index contributed by atoms with van der Waals surface area (Å²) in [7, 11) is 3.47. The minimum atomic E-state index is 0. The molecule has 1 saturated heterocycles. The fraction of sp³-hybridized carbons (Fsp3) is 0.308. The van der Waals surface area contributed by atoms with Gasteiger partial charge in [0.2, 0.25) is 0 Å². The van der Waals surface area contributed by atoms with Crippen molar-refractivity contribution >= 4 is 30.5 Å². The van der Waals surface area contributed by atoms with Crippen LogP contribution in [0.1, 0.15) is 17.2 Å². The first-order valence-corrected chi connectivity index (χ1v) is 10.6. The van der Waals surface area contributed by atoms with Crippen LogP contribution in [-0.2, 0) is 6.42 Å². The SMILES string of the molecule is COc1cccc(CC(c2ccccc2)N2CCN(c3ccccc3OC)CC2)c1.Cl.Cl. The van der Waals surface area contributed by atoms with Gasteiger partial charge in [-0.25, -0.2) is 0 Å². The molecule has 0 radical (unpaired) electrons. The van der Waals surface area contributed by atoms with Crippen LogP contribution in [0.4, 0.5) is 5.69 Å². The zero-order valence-electron chi connectivity index (χ0n) is 18.6. The highest BCUT2D eigenvalue weighted by atomic mass is 35.5. The molecule has 0 spiro atoms. The van der Waals surface area contributed by atoms with Gasteiger partial charge in [0, 0.05) is 32.2 Å². The first-order valence-electron chi connectivity index (χ1n) is 10.6. The quantitative estimate of drug-likeness (QED) is 0.441. The van der Waals surface area contributed by atoms with Crippen molar-refractivity contribution in [1.82, 2.24) is 4.90 Å². The molecule has 0 N–H and O–H groups in total. The summed E-state index contributed by atoms with van der Waals surface area (Å²) in [6, 6.07) is 27.9. The Morgan fingerprint density at radius 1 is 0.750 bits per heavy atom. The number of para-hydroxylation sites is 2. The molecule has 1 unspecified atom stereocenters. The van der Waals surface area contributed by atoms with Crippen LogP contribution < -0.4 is 14.4 Å². The molecule has 0 amide bonds. The maximum absolute atomic E-state index is 5.58. The molecule has 32 heavy (non-hydrogen) atoms. The number of rotatable bonds is 7. The van der Waals surface area contributed by atoms with E-state index in [9.17, 15) is 0 Å². The molecule has 172 valence electrons. The van der Waals surface area contributed by atoms with Gasteiger partial charge in [0.15, 0.2) is 0 Å². The largest absolute Gasteiger partial charge is 0.497 e. The Kier molecular flexibility index (Phi) is 10.2. The van der Waals surface area contributed by atoms with Crippen molar-refractivity contribution in [3.8, 4) is 11.5 Å². The van der Waals surface area contributed by atoms with E-state index in [0.717, 1.165) is 44.1 Å². The predicted molar refractivity (Wildman–Crippen MR) is 137 cm³/mol. The van der Waals surface area contributed by atoms with Gasteiger partial charge in [0.1, 0.15) is 11.5 Å². The van der Waals surface area contributed by atoms with Gasteiger partial charge in [-0.2, -0.15) is 0 Å². The molecule has 4 rings (SSSR count). The van der Waals surface area contributed by atoms with E-state index in [-0.39, 0.29) is 24.8 Å². The summed E-state index contributed by atoms with van der Waals surface area (Å²) >= 11 is 0. The Morgan fingerprint density at radius 3 is 2.12 bits per heavy atom. The van der Waals surface area contributed by atoms with E-state index >= 15 is 0 Å². The topological polar surface area (TPSA) is 24.9 Å². The van der Waals surface area contributed by atoms with Crippen LogP contribution in [0.3, 0.4) is 0 Å². The van der Waals surface area contributed by atoms with Crippen molar-refractivity contribution in [2.75, 3.05) is 45.3 Å². The van der Waals surface area contributed by atoms with E-state index in [1.54, 1.807) is 14.2 Å². The highest BCUT2D eigenvalue weighted by molar-refractivity contribution is 5.85. The summed E-state index contributed by atoms with van der Waals surface area (Å²) in [6.07, 6.45) is 0.968. The molecule has 1 fully saturated rings. The molecule has 1 aliphatic heterocycles. The maximum atomic E-state index is 5.58. The van der Waals surface area contributed by atoms with Crippen LogP contribution in [0.25, 0.3) is 0 Å². The molecule has 6 heteroatoms. The number of anilines is 1. The molecule has 1 heterocycles. The van der Waals surface area contributed by atoms with Crippen molar-refractivity contribution in [2.24, 2.45) is 0 Å². The molecule has 3 aromatic carbocycles. The Balaban J connectivity index is 0.00000181. The van der Waals surface area contributed by atoms with E-state index in [4.69, 9.17) is 9.47 Å². The number of hydrogen-bond donors (Lipinski definition) is 0. The standard InChI is InChI=1S/C26H30N2O2.2ClH/c1-29-23-12-8-9-21(19-23)20-25(22-10-4-3-5-11-22)28-17-15-27(16-18-28)24-13-6-7-14-26(24)30-2;;/h3-14,19,25H,15-18,20H2,1-2H3;2*1H. The van der Waals surface area contributed by atoms with Gasteiger partial charge in [0.05, 0.1) is 19.9 Å². The third-order valence-corrected chi connectivity index (χ3v) is 5.93. The minimum Gasteiger partial charge on any atom is -0.497 e. The minimum absolute atomic E-state index is 0. The summed E-state index contributed by atoms with van der Waals surface area (Å²) in [6.45, 7) is 4.01. The average molecular weight is 475 g/mol. The lowest BCUT2D eigenvalue weighted by atomic mass is 9.96. The molecule has 1 atom stereocenters. The Morgan fingerprint density at radius 2 is 1.44 bits per heavy atom. The van der Waals surface area contributed by atoms with Crippen LogP contribution in [-0.4, -0.2) is 45.3 Å². The molecule has 4 nitrogen and oxygen atoms in total. The molecule has 3 aromatic rings. The first kappa shape index (κ1) is 25.9. The summed E-state index contributed by atoms with van der Waals surface area (Å²) in [4.78, 5) is 5.05. The summed E-state index contributed by atoms with van der Waals surface area (Å²) in [5.74, 6) is 1.86. The number of halogens is 2. The lowest BCUT2D eigenvalue weighted by molar-refractivity contribution is 0.184. The number of ether oxygens (including phenoxy) is 2. The van der Waals surface area contributed by atoms with Gasteiger partial charge in [0.25, 0.3) is 0 Å². The van der Waals surface area contributed by atoms with Gasteiger partial charge >= 0.3 is 0 Å². The van der Waals surface area contributed by atoms with Crippen molar-refractivity contribution in [2.45, 2.75) is 12.5 Å². The summed E-state index contributed by atoms with van der Waals surface area (Å²) < 4.78 is 11.0. The van der Waals surface area contributed by atoms with E-state index in [1.165, 1.54) is 16.8 Å². The highest BCUT2D eigenvalue weighted by Crippen LogP contribution is 2.31.